The van der Waals surface area contributed by atoms with Crippen LogP contribution < -0.4 is 14.2 Å². The lowest BCUT2D eigenvalue weighted by atomic mass is 9.92. The van der Waals surface area contributed by atoms with E-state index in [1.807, 2.05) is 50.5 Å². The van der Waals surface area contributed by atoms with Crippen LogP contribution in [-0.4, -0.2) is 58.6 Å². The van der Waals surface area contributed by atoms with Gasteiger partial charge >= 0.3 is 0 Å². The summed E-state index contributed by atoms with van der Waals surface area (Å²) < 4.78 is 19.7. The molecule has 2 heterocycles. The molecule has 37 heavy (non-hydrogen) atoms. The molecule has 1 fully saturated rings. The van der Waals surface area contributed by atoms with Crippen LogP contribution in [0.3, 0.4) is 0 Å². The van der Waals surface area contributed by atoms with Crippen LogP contribution in [0.1, 0.15) is 42.3 Å². The smallest absolute Gasteiger partial charge is 0.161 e. The third-order valence-electron chi connectivity index (χ3n) is 7.05. The summed E-state index contributed by atoms with van der Waals surface area (Å²) in [5.74, 6) is 3.28. The van der Waals surface area contributed by atoms with Crippen molar-refractivity contribution in [3.8, 4) is 17.2 Å². The van der Waals surface area contributed by atoms with Gasteiger partial charge in [-0.15, -0.1) is 0 Å². The molecule has 0 spiro atoms. The van der Waals surface area contributed by atoms with Crippen molar-refractivity contribution in [2.45, 2.75) is 58.7 Å². The van der Waals surface area contributed by atoms with Gasteiger partial charge in [0.05, 0.1) is 13.7 Å². The minimum atomic E-state index is -0.833. The van der Waals surface area contributed by atoms with Crippen LogP contribution in [-0.2, 0) is 19.5 Å². The summed E-state index contributed by atoms with van der Waals surface area (Å²) in [4.78, 5) is 6.71. The maximum absolute atomic E-state index is 11.1. The van der Waals surface area contributed by atoms with Gasteiger partial charge in [0.25, 0.3) is 0 Å². The van der Waals surface area contributed by atoms with Crippen molar-refractivity contribution in [2.24, 2.45) is 0 Å². The first kappa shape index (κ1) is 27.3. The predicted molar refractivity (Wildman–Crippen MR) is 146 cm³/mol. The molecular formula is C29H38ClN3O4. The molecule has 0 aliphatic carbocycles. The van der Waals surface area contributed by atoms with Gasteiger partial charge in [0, 0.05) is 43.5 Å². The van der Waals surface area contributed by atoms with E-state index in [-0.39, 0.29) is 6.61 Å². The number of rotatable bonds is 11. The molecule has 0 unspecified atom stereocenters. The van der Waals surface area contributed by atoms with Gasteiger partial charge in [-0.1, -0.05) is 24.6 Å². The van der Waals surface area contributed by atoms with Crippen molar-refractivity contribution in [3.63, 3.8) is 0 Å². The average Bonchev–Trinajstić information content (AvgIpc) is 3.35. The number of nitrogens with zero attached hydrogens (tertiary/aromatic N) is 3. The van der Waals surface area contributed by atoms with Gasteiger partial charge in [-0.2, -0.15) is 0 Å². The van der Waals surface area contributed by atoms with E-state index in [1.54, 1.807) is 7.11 Å². The van der Waals surface area contributed by atoms with Gasteiger partial charge in [0.1, 0.15) is 30.4 Å². The van der Waals surface area contributed by atoms with Crippen molar-refractivity contribution < 1.29 is 19.3 Å². The zero-order chi connectivity index (χ0) is 26.4. The van der Waals surface area contributed by atoms with Crippen LogP contribution in [0.4, 0.5) is 0 Å². The number of benzene rings is 2. The van der Waals surface area contributed by atoms with Gasteiger partial charge < -0.3 is 23.9 Å². The first-order chi connectivity index (χ1) is 17.8. The second kappa shape index (κ2) is 12.2. The molecule has 1 saturated heterocycles. The minimum Gasteiger partial charge on any atom is -0.493 e. The Hall–Kier alpha value is -2.74. The molecule has 1 aliphatic rings. The molecule has 0 bridgehead atoms. The fourth-order valence-corrected chi connectivity index (χ4v) is 4.89. The number of aliphatic hydroxyl groups is 1. The maximum atomic E-state index is 11.1. The lowest BCUT2D eigenvalue weighted by Crippen LogP contribution is -2.47. The molecule has 0 atom stereocenters. The summed E-state index contributed by atoms with van der Waals surface area (Å²) in [5.41, 5.74) is 2.28. The Morgan fingerprint density at radius 2 is 1.78 bits per heavy atom. The quantitative estimate of drug-likeness (QED) is 0.369. The van der Waals surface area contributed by atoms with Crippen LogP contribution in [0.15, 0.2) is 42.7 Å². The molecule has 0 saturated carbocycles. The largest absolute Gasteiger partial charge is 0.493 e. The van der Waals surface area contributed by atoms with Gasteiger partial charge in [-0.05, 0) is 67.6 Å². The summed E-state index contributed by atoms with van der Waals surface area (Å²) in [6.45, 7) is 9.97. The summed E-state index contributed by atoms with van der Waals surface area (Å²) in [7, 11) is 1.67. The minimum absolute atomic E-state index is 0.278. The first-order valence-electron chi connectivity index (χ1n) is 12.9. The highest BCUT2D eigenvalue weighted by molar-refractivity contribution is 6.32. The SMILES string of the molecule is CCc1nccn1CCOc1ccc(CN2CCC(O)(COc3cc(C)c(Cl)c(C)c3)CC2)cc1OC. The Labute approximate surface area is 224 Å². The molecule has 200 valence electrons. The van der Waals surface area contributed by atoms with E-state index in [0.717, 1.165) is 77.4 Å². The fraction of sp³-hybridized carbons (Fsp3) is 0.483. The highest BCUT2D eigenvalue weighted by Crippen LogP contribution is 2.31. The van der Waals surface area contributed by atoms with Crippen LogP contribution in [0.2, 0.25) is 5.02 Å². The molecular weight excluding hydrogens is 490 g/mol. The number of ether oxygens (including phenoxy) is 3. The zero-order valence-corrected chi connectivity index (χ0v) is 23.1. The Morgan fingerprint density at radius 3 is 2.46 bits per heavy atom. The molecule has 1 aromatic heterocycles. The van der Waals surface area contributed by atoms with E-state index < -0.39 is 5.60 Å². The molecule has 8 heteroatoms. The van der Waals surface area contributed by atoms with Gasteiger partial charge in [-0.25, -0.2) is 4.98 Å². The topological polar surface area (TPSA) is 69.0 Å². The van der Waals surface area contributed by atoms with E-state index in [1.165, 1.54) is 0 Å². The van der Waals surface area contributed by atoms with E-state index in [4.69, 9.17) is 25.8 Å². The lowest BCUT2D eigenvalue weighted by Gasteiger charge is -2.38. The zero-order valence-electron chi connectivity index (χ0n) is 22.3. The van der Waals surface area contributed by atoms with Crippen molar-refractivity contribution in [1.29, 1.82) is 0 Å². The number of aromatic nitrogens is 2. The summed E-state index contributed by atoms with van der Waals surface area (Å²) >= 11 is 6.26. The van der Waals surface area contributed by atoms with Crippen LogP contribution in [0, 0.1) is 13.8 Å². The summed E-state index contributed by atoms with van der Waals surface area (Å²) in [6, 6.07) is 9.96. The Bertz CT molecular complexity index is 1160. The van der Waals surface area contributed by atoms with E-state index in [0.29, 0.717) is 19.4 Å². The van der Waals surface area contributed by atoms with Crippen LogP contribution >= 0.6 is 11.6 Å². The number of imidazole rings is 1. The average molecular weight is 528 g/mol. The first-order valence-corrected chi connectivity index (χ1v) is 13.3. The highest BCUT2D eigenvalue weighted by Gasteiger charge is 2.33. The van der Waals surface area contributed by atoms with E-state index in [2.05, 4.69) is 27.4 Å². The van der Waals surface area contributed by atoms with Crippen LogP contribution in [0.25, 0.3) is 0 Å². The third-order valence-corrected chi connectivity index (χ3v) is 7.64. The summed E-state index contributed by atoms with van der Waals surface area (Å²) in [5, 5.41) is 11.9. The molecule has 7 nitrogen and oxygen atoms in total. The van der Waals surface area contributed by atoms with Crippen molar-refractivity contribution in [3.05, 3.63) is 70.3 Å². The summed E-state index contributed by atoms with van der Waals surface area (Å²) in [6.07, 6.45) is 6.02. The van der Waals surface area contributed by atoms with Crippen LogP contribution in [0.5, 0.6) is 17.2 Å². The monoisotopic (exact) mass is 527 g/mol. The second-order valence-corrected chi connectivity index (χ2v) is 10.3. The molecule has 0 radical (unpaired) electrons. The van der Waals surface area contributed by atoms with Crippen molar-refractivity contribution in [2.75, 3.05) is 33.4 Å². The molecule has 1 aliphatic heterocycles. The maximum Gasteiger partial charge on any atom is 0.161 e. The number of likely N-dealkylation sites (tertiary alicyclic amines) is 1. The Kier molecular flexibility index (Phi) is 9.00. The second-order valence-electron chi connectivity index (χ2n) is 9.88. The number of methoxy groups -OCH3 is 1. The number of piperidine rings is 1. The van der Waals surface area contributed by atoms with Gasteiger partial charge in [0.2, 0.25) is 0 Å². The lowest BCUT2D eigenvalue weighted by molar-refractivity contribution is -0.0537. The standard InChI is InChI=1S/C29H38ClN3O4/c1-5-27-31-10-13-33(27)14-15-36-25-7-6-23(18-26(25)35-4)19-32-11-8-29(34,9-12-32)20-37-24-16-21(2)28(30)22(3)17-24/h6-7,10,13,16-18,34H,5,8-9,11-12,14-15,19-20H2,1-4H3. The van der Waals surface area contributed by atoms with Crippen molar-refractivity contribution in [1.82, 2.24) is 14.5 Å². The Morgan fingerprint density at radius 1 is 1.05 bits per heavy atom. The highest BCUT2D eigenvalue weighted by atomic mass is 35.5. The number of hydrogen-bond acceptors (Lipinski definition) is 6. The predicted octanol–water partition coefficient (Wildman–Crippen LogP) is 5.21. The fourth-order valence-electron chi connectivity index (χ4n) is 4.78. The van der Waals surface area contributed by atoms with E-state index >= 15 is 0 Å². The molecule has 0 amide bonds. The molecule has 3 aromatic rings. The normalized spacial score (nSPS) is 15.5. The molecule has 4 rings (SSSR count). The van der Waals surface area contributed by atoms with E-state index in [9.17, 15) is 5.11 Å². The van der Waals surface area contributed by atoms with Gasteiger partial charge in [-0.3, -0.25) is 4.90 Å². The number of halogens is 1. The van der Waals surface area contributed by atoms with Gasteiger partial charge in [0.15, 0.2) is 11.5 Å². The third kappa shape index (κ3) is 6.98. The molecule has 2 aromatic carbocycles. The molecule has 1 N–H and O–H groups in total. The number of hydrogen-bond donors (Lipinski definition) is 1. The van der Waals surface area contributed by atoms with Crippen molar-refractivity contribution >= 4 is 11.6 Å². The Balaban J connectivity index is 1.27. The number of aryl methyl sites for hydroxylation is 3.